The van der Waals surface area contributed by atoms with Crippen molar-refractivity contribution in [2.75, 3.05) is 53.0 Å². The Kier molecular flexibility index (Phi) is 7.64. The van der Waals surface area contributed by atoms with E-state index < -0.39 is 0 Å². The molecule has 0 aliphatic carbocycles. The number of aryl methyl sites for hydroxylation is 1. The standard InChI is InChI=1S/C17H33N7O/c1-14(2)13-23-7-9-24(10-8-23)17(18-6-11-25-5)19-12-16-21-20-15(3)22(16)4/h14H,6-13H2,1-5H3,(H,18,19). The van der Waals surface area contributed by atoms with Crippen LogP contribution in [0.2, 0.25) is 0 Å². The fraction of sp³-hybridized carbons (Fsp3) is 0.824. The van der Waals surface area contributed by atoms with Crippen molar-refractivity contribution in [3.05, 3.63) is 11.6 Å². The van der Waals surface area contributed by atoms with Crippen molar-refractivity contribution in [3.63, 3.8) is 0 Å². The Morgan fingerprint density at radius 3 is 2.52 bits per heavy atom. The molecule has 1 N–H and O–H groups in total. The molecule has 142 valence electrons. The molecule has 0 spiro atoms. The predicted molar refractivity (Wildman–Crippen MR) is 99.6 cm³/mol. The molecule has 0 radical (unpaired) electrons. The molecule has 25 heavy (non-hydrogen) atoms. The number of guanidine groups is 1. The lowest BCUT2D eigenvalue weighted by Crippen LogP contribution is -2.53. The zero-order valence-corrected chi connectivity index (χ0v) is 16.3. The van der Waals surface area contributed by atoms with Crippen LogP contribution in [0.25, 0.3) is 0 Å². The number of nitrogens with one attached hydrogen (secondary N) is 1. The molecule has 1 saturated heterocycles. The van der Waals surface area contributed by atoms with Crippen LogP contribution in [0.1, 0.15) is 25.5 Å². The monoisotopic (exact) mass is 351 g/mol. The molecule has 8 nitrogen and oxygen atoms in total. The number of aromatic nitrogens is 3. The topological polar surface area (TPSA) is 70.8 Å². The molecule has 8 heteroatoms. The average molecular weight is 351 g/mol. The molecule has 0 aromatic carbocycles. The van der Waals surface area contributed by atoms with Crippen LogP contribution in [-0.2, 0) is 18.3 Å². The molecule has 1 aromatic heterocycles. The van der Waals surface area contributed by atoms with Crippen LogP contribution in [0.5, 0.6) is 0 Å². The van der Waals surface area contributed by atoms with E-state index in [0.29, 0.717) is 19.1 Å². The maximum Gasteiger partial charge on any atom is 0.194 e. The molecule has 0 bridgehead atoms. The van der Waals surface area contributed by atoms with Crippen LogP contribution in [-0.4, -0.2) is 83.5 Å². The summed E-state index contributed by atoms with van der Waals surface area (Å²) in [5.41, 5.74) is 0. The average Bonchev–Trinajstić information content (AvgIpc) is 2.90. The van der Waals surface area contributed by atoms with E-state index in [2.05, 4.69) is 39.2 Å². The number of nitrogens with zero attached hydrogens (tertiary/aromatic N) is 6. The summed E-state index contributed by atoms with van der Waals surface area (Å²) in [6.07, 6.45) is 0. The van der Waals surface area contributed by atoms with E-state index in [1.807, 2.05) is 18.5 Å². The minimum atomic E-state index is 0.527. The van der Waals surface area contributed by atoms with E-state index in [-0.39, 0.29) is 0 Å². The third-order valence-corrected chi connectivity index (χ3v) is 4.44. The third-order valence-electron chi connectivity index (χ3n) is 4.44. The Labute approximate surface area is 151 Å². The number of piperazine rings is 1. The summed E-state index contributed by atoms with van der Waals surface area (Å²) in [5.74, 6) is 3.42. The normalized spacial score (nSPS) is 16.7. The summed E-state index contributed by atoms with van der Waals surface area (Å²) >= 11 is 0. The van der Waals surface area contributed by atoms with Gasteiger partial charge in [-0.3, -0.25) is 4.90 Å². The largest absolute Gasteiger partial charge is 0.383 e. The van der Waals surface area contributed by atoms with E-state index >= 15 is 0 Å². The van der Waals surface area contributed by atoms with Gasteiger partial charge >= 0.3 is 0 Å². The smallest absolute Gasteiger partial charge is 0.194 e. The predicted octanol–water partition coefficient (Wildman–Crippen LogP) is 0.489. The first kappa shape index (κ1) is 19.7. The van der Waals surface area contributed by atoms with Crippen LogP contribution in [0.15, 0.2) is 4.99 Å². The number of methoxy groups -OCH3 is 1. The molecule has 0 atom stereocenters. The van der Waals surface area contributed by atoms with Crippen LogP contribution in [0.4, 0.5) is 0 Å². The SMILES string of the molecule is COCCNC(=NCc1nnc(C)n1C)N1CCN(CC(C)C)CC1. The van der Waals surface area contributed by atoms with Crippen LogP contribution in [0, 0.1) is 12.8 Å². The first-order valence-electron chi connectivity index (χ1n) is 9.10. The van der Waals surface area contributed by atoms with Gasteiger partial charge in [0, 0.05) is 53.4 Å². The lowest BCUT2D eigenvalue weighted by atomic mass is 10.2. The minimum Gasteiger partial charge on any atom is -0.383 e. The van der Waals surface area contributed by atoms with Crippen molar-refractivity contribution >= 4 is 5.96 Å². The summed E-state index contributed by atoms with van der Waals surface area (Å²) in [5, 5.41) is 11.7. The fourth-order valence-electron chi connectivity index (χ4n) is 2.93. The van der Waals surface area contributed by atoms with Crippen LogP contribution in [0.3, 0.4) is 0 Å². The number of ether oxygens (including phenoxy) is 1. The third kappa shape index (κ3) is 5.97. The Hall–Kier alpha value is -1.67. The summed E-state index contributed by atoms with van der Waals surface area (Å²) in [7, 11) is 3.69. The quantitative estimate of drug-likeness (QED) is 0.438. The zero-order valence-electron chi connectivity index (χ0n) is 16.3. The second-order valence-electron chi connectivity index (χ2n) is 6.96. The van der Waals surface area contributed by atoms with E-state index in [4.69, 9.17) is 9.73 Å². The van der Waals surface area contributed by atoms with Gasteiger partial charge in [0.05, 0.1) is 6.61 Å². The molecule has 2 rings (SSSR count). The molecule has 2 heterocycles. The summed E-state index contributed by atoms with van der Waals surface area (Å²) in [6, 6.07) is 0. The molecule has 1 aliphatic heterocycles. The van der Waals surface area contributed by atoms with Gasteiger partial charge in [-0.15, -0.1) is 10.2 Å². The highest BCUT2D eigenvalue weighted by Crippen LogP contribution is 2.07. The molecule has 0 amide bonds. The number of hydrogen-bond acceptors (Lipinski definition) is 5. The Bertz CT molecular complexity index is 547. The summed E-state index contributed by atoms with van der Waals surface area (Å²) in [4.78, 5) is 9.64. The van der Waals surface area contributed by atoms with E-state index in [1.54, 1.807) is 7.11 Å². The molecular weight excluding hydrogens is 318 g/mol. The van der Waals surface area contributed by atoms with Gasteiger partial charge < -0.3 is 19.5 Å². The van der Waals surface area contributed by atoms with Gasteiger partial charge in [0.25, 0.3) is 0 Å². The van der Waals surface area contributed by atoms with Crippen molar-refractivity contribution in [2.24, 2.45) is 18.0 Å². The van der Waals surface area contributed by atoms with Gasteiger partial charge in [-0.2, -0.15) is 0 Å². The summed E-state index contributed by atoms with van der Waals surface area (Å²) < 4.78 is 7.14. The number of rotatable bonds is 7. The Balaban J connectivity index is 1.98. The highest BCUT2D eigenvalue weighted by Gasteiger charge is 2.20. The Morgan fingerprint density at radius 2 is 1.96 bits per heavy atom. The minimum absolute atomic E-state index is 0.527. The highest BCUT2D eigenvalue weighted by atomic mass is 16.5. The molecule has 1 aromatic rings. The van der Waals surface area contributed by atoms with Crippen molar-refractivity contribution in [1.29, 1.82) is 0 Å². The van der Waals surface area contributed by atoms with Gasteiger partial charge in [-0.25, -0.2) is 4.99 Å². The summed E-state index contributed by atoms with van der Waals surface area (Å²) in [6.45, 7) is 13.7. The van der Waals surface area contributed by atoms with E-state index in [1.165, 1.54) is 0 Å². The molecule has 1 aliphatic rings. The first-order valence-corrected chi connectivity index (χ1v) is 9.10. The molecule has 1 fully saturated rings. The van der Waals surface area contributed by atoms with E-state index in [9.17, 15) is 0 Å². The number of hydrogen-bond donors (Lipinski definition) is 1. The van der Waals surface area contributed by atoms with E-state index in [0.717, 1.165) is 56.9 Å². The maximum absolute atomic E-state index is 5.15. The lowest BCUT2D eigenvalue weighted by molar-refractivity contribution is 0.162. The van der Waals surface area contributed by atoms with Crippen molar-refractivity contribution in [3.8, 4) is 0 Å². The lowest BCUT2D eigenvalue weighted by Gasteiger charge is -2.37. The molecule has 0 unspecified atom stereocenters. The highest BCUT2D eigenvalue weighted by molar-refractivity contribution is 5.80. The molecule has 0 saturated carbocycles. The van der Waals surface area contributed by atoms with Crippen LogP contribution >= 0.6 is 0 Å². The zero-order chi connectivity index (χ0) is 18.2. The first-order chi connectivity index (χ1) is 12.0. The number of aliphatic imine (C=N–C) groups is 1. The van der Waals surface area contributed by atoms with Crippen LogP contribution < -0.4 is 5.32 Å². The van der Waals surface area contributed by atoms with Crippen molar-refractivity contribution in [2.45, 2.75) is 27.3 Å². The van der Waals surface area contributed by atoms with Crippen molar-refractivity contribution < 1.29 is 4.74 Å². The second-order valence-corrected chi connectivity index (χ2v) is 6.96. The van der Waals surface area contributed by atoms with Gasteiger partial charge in [0.15, 0.2) is 11.8 Å². The van der Waals surface area contributed by atoms with Gasteiger partial charge in [0.1, 0.15) is 12.4 Å². The van der Waals surface area contributed by atoms with Gasteiger partial charge in [-0.1, -0.05) is 13.8 Å². The van der Waals surface area contributed by atoms with Gasteiger partial charge in [-0.05, 0) is 12.8 Å². The fourth-order valence-corrected chi connectivity index (χ4v) is 2.93. The second kappa shape index (κ2) is 9.72. The van der Waals surface area contributed by atoms with Crippen molar-refractivity contribution in [1.82, 2.24) is 29.9 Å². The molecular formula is C17H33N7O. The maximum atomic E-state index is 5.15. The van der Waals surface area contributed by atoms with Gasteiger partial charge in [0.2, 0.25) is 0 Å². The Morgan fingerprint density at radius 1 is 1.24 bits per heavy atom.